The number of pyridine rings is 1. The maximum absolute atomic E-state index is 14.0. The van der Waals surface area contributed by atoms with Crippen LogP contribution in [0.25, 0.3) is 0 Å². The van der Waals surface area contributed by atoms with E-state index in [1.807, 2.05) is 24.5 Å². The van der Waals surface area contributed by atoms with Crippen LogP contribution in [0.2, 0.25) is 0 Å². The van der Waals surface area contributed by atoms with Gasteiger partial charge < -0.3 is 14.8 Å². The second-order valence-electron chi connectivity index (χ2n) is 14.5. The van der Waals surface area contributed by atoms with E-state index in [4.69, 9.17) is 0 Å². The Balaban J connectivity index is 1.22. The number of ketones is 2. The van der Waals surface area contributed by atoms with Gasteiger partial charge in [-0.2, -0.15) is 0 Å². The molecule has 1 amide bonds. The Kier molecular flexibility index (Phi) is 7.46. The molecule has 2 N–H and O–H groups in total. The lowest BCUT2D eigenvalue weighted by atomic mass is 9.70. The van der Waals surface area contributed by atoms with Crippen molar-refractivity contribution in [3.8, 4) is 0 Å². The minimum atomic E-state index is -4.03. The van der Waals surface area contributed by atoms with E-state index in [-0.39, 0.29) is 51.9 Å². The lowest BCUT2D eigenvalue weighted by molar-refractivity contribution is -0.128. The van der Waals surface area contributed by atoms with Crippen molar-refractivity contribution in [3.63, 3.8) is 0 Å². The van der Waals surface area contributed by atoms with Crippen LogP contribution >= 0.6 is 0 Å². The van der Waals surface area contributed by atoms with Crippen LogP contribution < -0.4 is 20.5 Å². The predicted molar refractivity (Wildman–Crippen MR) is 181 cm³/mol. The van der Waals surface area contributed by atoms with Gasteiger partial charge in [0.05, 0.1) is 22.5 Å². The van der Waals surface area contributed by atoms with Crippen LogP contribution in [0.4, 0.5) is 17.1 Å². The van der Waals surface area contributed by atoms with Crippen molar-refractivity contribution in [3.05, 3.63) is 87.8 Å². The molecule has 246 valence electrons. The van der Waals surface area contributed by atoms with E-state index in [2.05, 4.69) is 14.9 Å². The highest BCUT2D eigenvalue weighted by atomic mass is 32.2. The minimum Gasteiger partial charge on any atom is -0.369 e. The molecule has 10 nitrogen and oxygen atoms in total. The number of carbonyl (C=O) groups is 3. The standard InChI is InChI=1S/C36H40N4O6S/c1-22(41)24-6-4-7-28(15-24)37-34(44)25-10-11-31(39-18-23-14-26(20-39)30-8-5-9-33(43)40(30)19-23)29(16-25)38-47(45,46)21-36-13-12-27(17-32(36)42)35(36,2)3/h4-11,15-16,23,26-27,38H,12-14,17-21H2,1-3H3,(H,37,44). The van der Waals surface area contributed by atoms with E-state index in [0.29, 0.717) is 49.4 Å². The highest BCUT2D eigenvalue weighted by Crippen LogP contribution is 2.64. The summed E-state index contributed by atoms with van der Waals surface area (Å²) in [4.78, 5) is 53.3. The van der Waals surface area contributed by atoms with E-state index >= 15 is 0 Å². The molecular formula is C36H40N4O6S. The number of sulfonamides is 1. The van der Waals surface area contributed by atoms with Crippen molar-refractivity contribution >= 4 is 44.6 Å². The summed E-state index contributed by atoms with van der Waals surface area (Å²) in [7, 11) is -4.03. The molecule has 3 heterocycles. The fraction of sp³-hybridized carbons (Fsp3) is 0.444. The molecular weight excluding hydrogens is 616 g/mol. The third-order valence-corrected chi connectivity index (χ3v) is 12.9. The topological polar surface area (TPSA) is 135 Å². The number of fused-ring (bicyclic) bond motifs is 6. The van der Waals surface area contributed by atoms with E-state index in [0.717, 1.165) is 18.5 Å². The number of amides is 1. The summed E-state index contributed by atoms with van der Waals surface area (Å²) in [6.45, 7) is 7.26. The molecule has 1 aromatic heterocycles. The quantitative estimate of drug-likeness (QED) is 0.324. The third-order valence-electron chi connectivity index (χ3n) is 11.4. The number of carbonyl (C=O) groups excluding carboxylic acids is 3. The Morgan fingerprint density at radius 2 is 1.74 bits per heavy atom. The largest absolute Gasteiger partial charge is 0.369 e. The Hall–Kier alpha value is -4.25. The average molecular weight is 657 g/mol. The first-order valence-electron chi connectivity index (χ1n) is 16.3. The van der Waals surface area contributed by atoms with E-state index < -0.39 is 26.8 Å². The van der Waals surface area contributed by atoms with Crippen molar-refractivity contribution < 1.29 is 22.8 Å². The van der Waals surface area contributed by atoms with Gasteiger partial charge in [0.15, 0.2) is 5.78 Å². The number of benzene rings is 2. The van der Waals surface area contributed by atoms with Gasteiger partial charge in [-0.1, -0.05) is 32.0 Å². The van der Waals surface area contributed by atoms with Crippen LogP contribution in [0, 0.1) is 22.7 Å². The zero-order valence-electron chi connectivity index (χ0n) is 26.9. The van der Waals surface area contributed by atoms with Crippen LogP contribution in [-0.4, -0.2) is 49.3 Å². The number of nitrogens with one attached hydrogen (secondary N) is 2. The Bertz CT molecular complexity index is 1980. The molecule has 0 spiro atoms. The number of piperidine rings is 1. The molecule has 11 heteroatoms. The van der Waals surface area contributed by atoms with Gasteiger partial charge in [0, 0.05) is 60.5 Å². The van der Waals surface area contributed by atoms with Crippen LogP contribution in [-0.2, 0) is 21.4 Å². The average Bonchev–Trinajstić information content (AvgIpc) is 3.35. The lowest BCUT2D eigenvalue weighted by Crippen LogP contribution is -2.47. The fourth-order valence-corrected chi connectivity index (χ4v) is 10.7. The van der Waals surface area contributed by atoms with Crippen molar-refractivity contribution in [2.75, 3.05) is 33.8 Å². The Morgan fingerprint density at radius 3 is 2.47 bits per heavy atom. The summed E-state index contributed by atoms with van der Waals surface area (Å²) in [5, 5.41) is 2.83. The zero-order valence-corrected chi connectivity index (χ0v) is 27.7. The molecule has 2 aromatic carbocycles. The molecule has 3 fully saturated rings. The molecule has 4 aliphatic rings. The van der Waals surface area contributed by atoms with Gasteiger partial charge in [0.1, 0.15) is 5.78 Å². The minimum absolute atomic E-state index is 0.0128. The van der Waals surface area contributed by atoms with E-state index in [1.54, 1.807) is 54.6 Å². The highest BCUT2D eigenvalue weighted by Gasteiger charge is 2.65. The molecule has 0 radical (unpaired) electrons. The van der Waals surface area contributed by atoms with Gasteiger partial charge in [-0.25, -0.2) is 8.42 Å². The molecule has 4 bridgehead atoms. The third kappa shape index (κ3) is 5.38. The molecule has 2 aliphatic heterocycles. The van der Waals surface area contributed by atoms with Gasteiger partial charge in [0.25, 0.3) is 11.5 Å². The Labute approximate surface area is 274 Å². The molecule has 4 atom stereocenters. The first-order chi connectivity index (χ1) is 22.3. The normalized spacial score (nSPS) is 25.7. The number of hydrogen-bond acceptors (Lipinski definition) is 7. The lowest BCUT2D eigenvalue weighted by Gasteiger charge is -2.44. The summed E-state index contributed by atoms with van der Waals surface area (Å²) in [5.41, 5.74) is 1.66. The van der Waals surface area contributed by atoms with Crippen LogP contribution in [0.1, 0.15) is 78.8 Å². The summed E-state index contributed by atoms with van der Waals surface area (Å²) >= 11 is 0. The summed E-state index contributed by atoms with van der Waals surface area (Å²) in [6, 6.07) is 17.0. The van der Waals surface area contributed by atoms with Crippen LogP contribution in [0.3, 0.4) is 0 Å². The number of aromatic nitrogens is 1. The summed E-state index contributed by atoms with van der Waals surface area (Å²) in [6.07, 6.45) is 2.73. The number of rotatable bonds is 8. The molecule has 47 heavy (non-hydrogen) atoms. The van der Waals surface area contributed by atoms with Crippen LogP contribution in [0.15, 0.2) is 65.5 Å². The molecule has 2 aliphatic carbocycles. The summed E-state index contributed by atoms with van der Waals surface area (Å²) < 4.78 is 32.7. The highest BCUT2D eigenvalue weighted by molar-refractivity contribution is 7.92. The van der Waals surface area contributed by atoms with Gasteiger partial charge in [-0.3, -0.25) is 23.9 Å². The van der Waals surface area contributed by atoms with Crippen molar-refractivity contribution in [2.45, 2.75) is 58.9 Å². The van der Waals surface area contributed by atoms with Crippen molar-refractivity contribution in [1.82, 2.24) is 4.57 Å². The first kappa shape index (κ1) is 31.4. The molecule has 7 rings (SSSR count). The van der Waals surface area contributed by atoms with E-state index in [1.165, 1.54) is 6.92 Å². The van der Waals surface area contributed by atoms with Crippen LogP contribution in [0.5, 0.6) is 0 Å². The second kappa shape index (κ2) is 11.2. The zero-order chi connectivity index (χ0) is 33.3. The number of Topliss-reactive ketones (excluding diaryl/α,β-unsaturated/α-hetero) is 2. The second-order valence-corrected chi connectivity index (χ2v) is 16.2. The monoisotopic (exact) mass is 656 g/mol. The SMILES string of the molecule is CC(=O)c1cccc(NC(=O)c2ccc(N3CC4CC(C3)c3cccc(=O)n3C4)c(NS(=O)(=O)CC34CCC(CC3=O)C4(C)C)c2)c1. The van der Waals surface area contributed by atoms with E-state index in [9.17, 15) is 27.6 Å². The number of nitrogens with zero attached hydrogens (tertiary/aromatic N) is 2. The van der Waals surface area contributed by atoms with Crippen molar-refractivity contribution in [2.24, 2.45) is 22.7 Å². The maximum Gasteiger partial charge on any atom is 0.255 e. The first-order valence-corrected chi connectivity index (χ1v) is 18.0. The summed E-state index contributed by atoms with van der Waals surface area (Å²) in [5.74, 6) is -0.418. The maximum atomic E-state index is 14.0. The number of hydrogen-bond donors (Lipinski definition) is 2. The predicted octanol–water partition coefficient (Wildman–Crippen LogP) is 5.06. The van der Waals surface area contributed by atoms with Crippen molar-refractivity contribution in [1.29, 1.82) is 0 Å². The Morgan fingerprint density at radius 1 is 0.957 bits per heavy atom. The molecule has 1 saturated heterocycles. The molecule has 4 unspecified atom stereocenters. The fourth-order valence-electron chi connectivity index (χ4n) is 8.78. The van der Waals surface area contributed by atoms with Gasteiger partial charge >= 0.3 is 0 Å². The van der Waals surface area contributed by atoms with Gasteiger partial charge in [-0.05, 0) is 79.8 Å². The smallest absolute Gasteiger partial charge is 0.255 e. The van der Waals surface area contributed by atoms with Gasteiger partial charge in [0.2, 0.25) is 10.0 Å². The number of anilines is 3. The van der Waals surface area contributed by atoms with Gasteiger partial charge in [-0.15, -0.1) is 0 Å². The molecule has 2 saturated carbocycles. The molecule has 3 aromatic rings.